The molecule has 0 saturated heterocycles. The van der Waals surface area contributed by atoms with Crippen LogP contribution in [0.2, 0.25) is 10.0 Å². The smallest absolute Gasteiger partial charge is 0.407 e. The number of aromatic nitrogens is 3. The lowest BCUT2D eigenvalue weighted by Gasteiger charge is -2.27. The zero-order valence-electron chi connectivity index (χ0n) is 28.4. The van der Waals surface area contributed by atoms with E-state index in [2.05, 4.69) is 15.4 Å². The number of fused-ring (bicyclic) bond motifs is 3. The highest BCUT2D eigenvalue weighted by Crippen LogP contribution is 2.42. The SMILES string of the molecule is CC(=O)OCC(=O)N1CCc2[nH]c3c(Cl)c(Cl)cc(-c4cnn(CCOCCOCCOCCOCCNC(=O)OC(C)(C)C)c4)c3c2C1. The Morgan fingerprint density at radius 3 is 2.29 bits per heavy atom. The Hall–Kier alpha value is -3.40. The number of aromatic amines is 1. The van der Waals surface area contributed by atoms with Crippen LogP contribution in [-0.4, -0.2) is 116 Å². The molecule has 0 fully saturated rings. The number of H-pyrrole nitrogens is 1. The van der Waals surface area contributed by atoms with Crippen LogP contribution in [0.3, 0.4) is 0 Å². The van der Waals surface area contributed by atoms with Crippen molar-refractivity contribution in [1.29, 1.82) is 0 Å². The zero-order chi connectivity index (χ0) is 35.4. The number of amides is 2. The zero-order valence-corrected chi connectivity index (χ0v) is 29.9. The Kier molecular flexibility index (Phi) is 14.5. The summed E-state index contributed by atoms with van der Waals surface area (Å²) in [5.41, 5.74) is 3.81. The average Bonchev–Trinajstić information content (AvgIpc) is 3.67. The molecule has 0 aliphatic carbocycles. The van der Waals surface area contributed by atoms with E-state index in [9.17, 15) is 14.4 Å². The van der Waals surface area contributed by atoms with Crippen LogP contribution in [0.4, 0.5) is 4.79 Å². The number of nitrogens with one attached hydrogen (secondary N) is 2. The van der Waals surface area contributed by atoms with Gasteiger partial charge in [-0.15, -0.1) is 0 Å². The minimum Gasteiger partial charge on any atom is -0.456 e. The molecule has 2 amide bonds. The summed E-state index contributed by atoms with van der Waals surface area (Å²) in [5, 5.41) is 8.84. The third kappa shape index (κ3) is 11.9. The van der Waals surface area contributed by atoms with Crippen molar-refractivity contribution in [2.24, 2.45) is 0 Å². The largest absolute Gasteiger partial charge is 0.456 e. The lowest BCUT2D eigenvalue weighted by Crippen LogP contribution is -2.38. The second kappa shape index (κ2) is 18.6. The Labute approximate surface area is 295 Å². The van der Waals surface area contributed by atoms with Crippen molar-refractivity contribution in [1.82, 2.24) is 25.0 Å². The third-order valence-electron chi connectivity index (χ3n) is 7.33. The van der Waals surface area contributed by atoms with Crippen molar-refractivity contribution in [2.75, 3.05) is 72.6 Å². The Morgan fingerprint density at radius 2 is 1.63 bits per heavy atom. The molecule has 0 unspecified atom stereocenters. The molecule has 14 nitrogen and oxygen atoms in total. The van der Waals surface area contributed by atoms with Crippen molar-refractivity contribution in [3.63, 3.8) is 0 Å². The molecule has 49 heavy (non-hydrogen) atoms. The summed E-state index contributed by atoms with van der Waals surface area (Å²) in [6.45, 7) is 11.5. The van der Waals surface area contributed by atoms with Gasteiger partial charge in [-0.3, -0.25) is 14.3 Å². The maximum Gasteiger partial charge on any atom is 0.407 e. The van der Waals surface area contributed by atoms with Gasteiger partial charge >= 0.3 is 12.1 Å². The number of hydrogen-bond acceptors (Lipinski definition) is 10. The van der Waals surface area contributed by atoms with Crippen molar-refractivity contribution in [3.05, 3.63) is 39.8 Å². The lowest BCUT2D eigenvalue weighted by molar-refractivity contribution is -0.150. The third-order valence-corrected chi connectivity index (χ3v) is 8.12. The highest BCUT2D eigenvalue weighted by Gasteiger charge is 2.28. The summed E-state index contributed by atoms with van der Waals surface area (Å²) in [5.74, 6) is -0.754. The van der Waals surface area contributed by atoms with E-state index in [1.807, 2.05) is 33.0 Å². The number of halogens is 2. The van der Waals surface area contributed by atoms with Gasteiger partial charge in [-0.2, -0.15) is 5.10 Å². The second-order valence-electron chi connectivity index (χ2n) is 12.3. The Balaban J connectivity index is 1.15. The normalized spacial score (nSPS) is 13.1. The van der Waals surface area contributed by atoms with Gasteiger partial charge in [0, 0.05) is 61.4 Å². The highest BCUT2D eigenvalue weighted by atomic mass is 35.5. The van der Waals surface area contributed by atoms with Crippen molar-refractivity contribution in [2.45, 2.75) is 52.8 Å². The molecule has 0 bridgehead atoms. The number of benzene rings is 1. The summed E-state index contributed by atoms with van der Waals surface area (Å²) in [4.78, 5) is 40.6. The van der Waals surface area contributed by atoms with Gasteiger partial charge in [-0.05, 0) is 32.4 Å². The summed E-state index contributed by atoms with van der Waals surface area (Å²) in [6.07, 6.45) is 3.82. The molecule has 2 aromatic heterocycles. The molecular weight excluding hydrogens is 681 g/mol. The number of carbonyl (C=O) groups excluding carboxylic acids is 3. The topological polar surface area (TPSA) is 155 Å². The van der Waals surface area contributed by atoms with Crippen LogP contribution >= 0.6 is 23.2 Å². The highest BCUT2D eigenvalue weighted by molar-refractivity contribution is 6.45. The number of esters is 1. The van der Waals surface area contributed by atoms with E-state index in [-0.39, 0.29) is 12.5 Å². The first-order valence-corrected chi connectivity index (χ1v) is 16.9. The van der Waals surface area contributed by atoms with Crippen LogP contribution in [-0.2, 0) is 57.5 Å². The van der Waals surface area contributed by atoms with Crippen molar-refractivity contribution < 1.29 is 42.8 Å². The fourth-order valence-corrected chi connectivity index (χ4v) is 5.52. The fraction of sp³-hybridized carbons (Fsp3) is 0.576. The van der Waals surface area contributed by atoms with Crippen LogP contribution in [0.5, 0.6) is 0 Å². The molecule has 0 spiro atoms. The standard InChI is InChI=1S/C33H45Cl2N5O9/c1-22(41)48-21-28(42)39-7-5-27-25(20-39)29-24(17-26(34)30(35)31(29)38-27)23-18-37-40(19-23)8-10-45-12-14-47-16-15-46-13-11-44-9-6-36-32(43)49-33(2,3)4/h17-19,38H,5-16,20-21H2,1-4H3,(H,36,43). The monoisotopic (exact) mass is 725 g/mol. The van der Waals surface area contributed by atoms with Crippen LogP contribution in [0.15, 0.2) is 18.5 Å². The molecule has 3 aromatic rings. The molecule has 1 aromatic carbocycles. The Morgan fingerprint density at radius 1 is 0.980 bits per heavy atom. The Bertz CT molecular complexity index is 1570. The second-order valence-corrected chi connectivity index (χ2v) is 13.1. The summed E-state index contributed by atoms with van der Waals surface area (Å²) in [6, 6.07) is 1.82. The predicted molar refractivity (Wildman–Crippen MR) is 183 cm³/mol. The number of carbonyl (C=O) groups is 3. The molecule has 270 valence electrons. The number of nitrogens with zero attached hydrogens (tertiary/aromatic N) is 3. The van der Waals surface area contributed by atoms with E-state index in [4.69, 9.17) is 51.6 Å². The molecule has 1 aliphatic rings. The van der Waals surface area contributed by atoms with Gasteiger partial charge in [0.2, 0.25) is 0 Å². The molecule has 4 rings (SSSR count). The minimum atomic E-state index is -0.530. The van der Waals surface area contributed by atoms with Crippen molar-refractivity contribution >= 4 is 52.1 Å². The van der Waals surface area contributed by atoms with Crippen LogP contribution in [0, 0.1) is 0 Å². The summed E-state index contributed by atoms with van der Waals surface area (Å²) < 4.78 is 34.0. The van der Waals surface area contributed by atoms with Crippen LogP contribution in [0.1, 0.15) is 39.0 Å². The number of ether oxygens (including phenoxy) is 6. The van der Waals surface area contributed by atoms with E-state index < -0.39 is 17.7 Å². The molecular formula is C33H45Cl2N5O9. The van der Waals surface area contributed by atoms with Gasteiger partial charge < -0.3 is 43.6 Å². The predicted octanol–water partition coefficient (Wildman–Crippen LogP) is 4.38. The van der Waals surface area contributed by atoms with E-state index in [1.54, 1.807) is 15.8 Å². The van der Waals surface area contributed by atoms with Crippen LogP contribution < -0.4 is 5.32 Å². The first-order valence-electron chi connectivity index (χ1n) is 16.2. The fourth-order valence-electron chi connectivity index (χ4n) is 5.12. The molecule has 3 heterocycles. The maximum absolute atomic E-state index is 12.7. The number of alkyl carbamates (subject to hydrolysis) is 1. The van der Waals surface area contributed by atoms with Gasteiger partial charge in [0.1, 0.15) is 5.60 Å². The van der Waals surface area contributed by atoms with E-state index in [1.165, 1.54) is 6.92 Å². The molecule has 2 N–H and O–H groups in total. The molecule has 0 radical (unpaired) electrons. The van der Waals surface area contributed by atoms with E-state index >= 15 is 0 Å². The minimum absolute atomic E-state index is 0.256. The summed E-state index contributed by atoms with van der Waals surface area (Å²) in [7, 11) is 0. The molecule has 16 heteroatoms. The summed E-state index contributed by atoms with van der Waals surface area (Å²) >= 11 is 13.2. The first-order chi connectivity index (χ1) is 23.4. The lowest BCUT2D eigenvalue weighted by atomic mass is 9.97. The number of hydrogen-bond donors (Lipinski definition) is 2. The van der Waals surface area contributed by atoms with Crippen molar-refractivity contribution in [3.8, 4) is 11.1 Å². The maximum atomic E-state index is 12.7. The number of rotatable bonds is 18. The van der Waals surface area contributed by atoms with E-state index in [0.29, 0.717) is 101 Å². The van der Waals surface area contributed by atoms with Gasteiger partial charge in [0.05, 0.1) is 81.2 Å². The van der Waals surface area contributed by atoms with Gasteiger partial charge in [-0.1, -0.05) is 23.2 Å². The molecule has 1 aliphatic heterocycles. The first kappa shape index (κ1) is 38.4. The quantitative estimate of drug-likeness (QED) is 0.143. The van der Waals surface area contributed by atoms with Gasteiger partial charge in [-0.25, -0.2) is 4.79 Å². The van der Waals surface area contributed by atoms with Crippen LogP contribution in [0.25, 0.3) is 22.0 Å². The van der Waals surface area contributed by atoms with Gasteiger partial charge in [0.15, 0.2) is 6.61 Å². The molecule has 0 atom stereocenters. The average molecular weight is 727 g/mol. The van der Waals surface area contributed by atoms with Gasteiger partial charge in [0.25, 0.3) is 5.91 Å². The molecule has 0 saturated carbocycles. The van der Waals surface area contributed by atoms with E-state index in [0.717, 1.165) is 27.8 Å².